The SMILES string of the molecule is C1=CC(c2ccccc2)C2=c3c(-c4ccccc4)c4c(cc3=NC2=C1)CC=N4. The Morgan fingerprint density at radius 3 is 2.50 bits per heavy atom. The minimum absolute atomic E-state index is 0.206. The largest absolute Gasteiger partial charge is 0.260 e. The maximum absolute atomic E-state index is 5.03. The van der Waals surface area contributed by atoms with Crippen molar-refractivity contribution in [1.82, 2.24) is 0 Å². The van der Waals surface area contributed by atoms with Gasteiger partial charge in [-0.25, -0.2) is 4.99 Å². The number of rotatable bonds is 2. The van der Waals surface area contributed by atoms with Crippen LogP contribution < -0.4 is 10.6 Å². The molecule has 0 aromatic heterocycles. The Morgan fingerprint density at radius 2 is 1.68 bits per heavy atom. The standard InChI is InChI=1S/C26H18N2/c1-3-8-17(9-4-1)20-12-7-13-21-24(20)25-22(28-21)16-19-14-15-27-26(19)23(25)18-10-5-2-6-11-18/h1-13,15-16,20H,14H2. The zero-order valence-corrected chi connectivity index (χ0v) is 15.3. The second-order valence-electron chi connectivity index (χ2n) is 7.39. The summed E-state index contributed by atoms with van der Waals surface area (Å²) in [7, 11) is 0. The van der Waals surface area contributed by atoms with E-state index in [9.17, 15) is 0 Å². The molecule has 28 heavy (non-hydrogen) atoms. The van der Waals surface area contributed by atoms with Gasteiger partial charge in [0.2, 0.25) is 0 Å². The van der Waals surface area contributed by atoms with Crippen LogP contribution in [0, 0.1) is 0 Å². The van der Waals surface area contributed by atoms with Crippen molar-refractivity contribution in [2.75, 3.05) is 0 Å². The van der Waals surface area contributed by atoms with E-state index in [0.717, 1.165) is 23.2 Å². The lowest BCUT2D eigenvalue weighted by Crippen LogP contribution is -2.28. The second kappa shape index (κ2) is 6.00. The first kappa shape index (κ1) is 15.5. The van der Waals surface area contributed by atoms with Gasteiger partial charge in [0.1, 0.15) is 0 Å². The van der Waals surface area contributed by atoms with Crippen molar-refractivity contribution in [1.29, 1.82) is 0 Å². The van der Waals surface area contributed by atoms with Crippen molar-refractivity contribution in [3.8, 4) is 11.1 Å². The lowest BCUT2D eigenvalue weighted by molar-refractivity contribution is 1.07. The normalized spacial score (nSPS) is 18.4. The van der Waals surface area contributed by atoms with Gasteiger partial charge in [0.25, 0.3) is 0 Å². The van der Waals surface area contributed by atoms with Gasteiger partial charge >= 0.3 is 0 Å². The van der Waals surface area contributed by atoms with Crippen LogP contribution in [0.3, 0.4) is 0 Å². The average molecular weight is 358 g/mol. The summed E-state index contributed by atoms with van der Waals surface area (Å²) in [5.74, 6) is 0.206. The Morgan fingerprint density at radius 1 is 0.893 bits per heavy atom. The molecule has 0 fully saturated rings. The van der Waals surface area contributed by atoms with E-state index < -0.39 is 0 Å². The average Bonchev–Trinajstić information content (AvgIpc) is 3.37. The number of hydrogen-bond donors (Lipinski definition) is 0. The molecule has 2 heterocycles. The van der Waals surface area contributed by atoms with Gasteiger partial charge in [0.15, 0.2) is 0 Å². The summed E-state index contributed by atoms with van der Waals surface area (Å²) >= 11 is 0. The van der Waals surface area contributed by atoms with Crippen LogP contribution in [0.4, 0.5) is 5.69 Å². The van der Waals surface area contributed by atoms with Crippen molar-refractivity contribution in [3.63, 3.8) is 0 Å². The van der Waals surface area contributed by atoms with Gasteiger partial charge in [0.05, 0.1) is 16.7 Å². The molecule has 2 aliphatic heterocycles. The molecule has 0 spiro atoms. The predicted octanol–water partition coefficient (Wildman–Crippen LogP) is 4.63. The molecule has 3 aliphatic rings. The number of aliphatic imine (C=N–C) groups is 1. The molecule has 0 saturated heterocycles. The van der Waals surface area contributed by atoms with Gasteiger partial charge in [-0.1, -0.05) is 72.8 Å². The highest BCUT2D eigenvalue weighted by Crippen LogP contribution is 2.39. The molecule has 0 amide bonds. The van der Waals surface area contributed by atoms with Gasteiger partial charge in [-0.2, -0.15) is 0 Å². The second-order valence-corrected chi connectivity index (χ2v) is 7.39. The van der Waals surface area contributed by atoms with Crippen LogP contribution in [0.25, 0.3) is 16.7 Å². The summed E-state index contributed by atoms with van der Waals surface area (Å²) in [5, 5.41) is 2.32. The summed E-state index contributed by atoms with van der Waals surface area (Å²) in [5.41, 5.74) is 8.48. The Kier molecular flexibility index (Phi) is 3.33. The first-order chi connectivity index (χ1) is 13.9. The summed E-state index contributed by atoms with van der Waals surface area (Å²) in [6, 6.07) is 23.6. The first-order valence-electron chi connectivity index (χ1n) is 9.71. The van der Waals surface area contributed by atoms with E-state index >= 15 is 0 Å². The Hall–Kier alpha value is -3.52. The van der Waals surface area contributed by atoms with Crippen molar-refractivity contribution in [3.05, 3.63) is 112 Å². The zero-order chi connectivity index (χ0) is 18.5. The summed E-state index contributed by atoms with van der Waals surface area (Å²) in [6.45, 7) is 0. The van der Waals surface area contributed by atoms with Gasteiger partial charge in [-0.05, 0) is 34.4 Å². The molecule has 1 aliphatic carbocycles. The molecule has 3 aromatic carbocycles. The van der Waals surface area contributed by atoms with E-state index in [1.165, 1.54) is 33.0 Å². The lowest BCUT2D eigenvalue weighted by Gasteiger charge is -2.20. The molecule has 0 saturated carbocycles. The van der Waals surface area contributed by atoms with E-state index in [0.29, 0.717) is 0 Å². The van der Waals surface area contributed by atoms with Crippen molar-refractivity contribution in [2.45, 2.75) is 12.3 Å². The molecule has 2 nitrogen and oxygen atoms in total. The highest BCUT2D eigenvalue weighted by atomic mass is 14.8. The van der Waals surface area contributed by atoms with Crippen LogP contribution in [0.2, 0.25) is 0 Å². The molecule has 1 unspecified atom stereocenters. The van der Waals surface area contributed by atoms with Crippen LogP contribution >= 0.6 is 0 Å². The minimum atomic E-state index is 0.206. The van der Waals surface area contributed by atoms with Gasteiger partial charge < -0.3 is 0 Å². The highest BCUT2D eigenvalue weighted by molar-refractivity contribution is 5.91. The molecular formula is C26H18N2. The fraction of sp³-hybridized carbons (Fsp3) is 0.0769. The molecule has 0 bridgehead atoms. The Bertz CT molecular complexity index is 1310. The summed E-state index contributed by atoms with van der Waals surface area (Å²) < 4.78 is 0. The fourth-order valence-corrected chi connectivity index (χ4v) is 4.55. The molecular weight excluding hydrogens is 340 g/mol. The molecule has 0 radical (unpaired) electrons. The number of hydrogen-bond acceptors (Lipinski definition) is 2. The fourth-order valence-electron chi connectivity index (χ4n) is 4.55. The van der Waals surface area contributed by atoms with E-state index in [1.807, 2.05) is 6.21 Å². The van der Waals surface area contributed by atoms with Gasteiger partial charge in [-0.3, -0.25) is 4.99 Å². The third kappa shape index (κ3) is 2.21. The molecule has 6 rings (SSSR count). The lowest BCUT2D eigenvalue weighted by atomic mass is 9.83. The summed E-state index contributed by atoms with van der Waals surface area (Å²) in [6.07, 6.45) is 9.46. The monoisotopic (exact) mass is 358 g/mol. The predicted molar refractivity (Wildman–Crippen MR) is 114 cm³/mol. The van der Waals surface area contributed by atoms with E-state index in [4.69, 9.17) is 9.98 Å². The highest BCUT2D eigenvalue weighted by Gasteiger charge is 2.28. The van der Waals surface area contributed by atoms with Crippen LogP contribution in [0.1, 0.15) is 17.0 Å². The topological polar surface area (TPSA) is 24.7 Å². The smallest absolute Gasteiger partial charge is 0.0747 e. The quantitative estimate of drug-likeness (QED) is 0.638. The Labute approximate surface area is 163 Å². The number of allylic oxidation sites excluding steroid dienone is 4. The van der Waals surface area contributed by atoms with Crippen molar-refractivity contribution >= 4 is 17.5 Å². The summed E-state index contributed by atoms with van der Waals surface area (Å²) in [4.78, 5) is 9.80. The number of benzene rings is 3. The third-order valence-corrected chi connectivity index (χ3v) is 5.77. The van der Waals surface area contributed by atoms with Crippen LogP contribution in [0.5, 0.6) is 0 Å². The molecule has 1 atom stereocenters. The third-order valence-electron chi connectivity index (χ3n) is 5.77. The molecule has 0 N–H and O–H groups in total. The van der Waals surface area contributed by atoms with Crippen molar-refractivity contribution < 1.29 is 0 Å². The van der Waals surface area contributed by atoms with Crippen LogP contribution in [-0.2, 0) is 6.42 Å². The zero-order valence-electron chi connectivity index (χ0n) is 15.3. The maximum Gasteiger partial charge on any atom is 0.0747 e. The molecule has 2 heteroatoms. The van der Waals surface area contributed by atoms with Crippen molar-refractivity contribution in [2.24, 2.45) is 9.98 Å². The van der Waals surface area contributed by atoms with Crippen LogP contribution in [0.15, 0.2) is 101 Å². The minimum Gasteiger partial charge on any atom is -0.260 e. The van der Waals surface area contributed by atoms with E-state index in [2.05, 4.69) is 85.0 Å². The van der Waals surface area contributed by atoms with E-state index in [1.54, 1.807) is 0 Å². The number of fused-ring (bicyclic) bond motifs is 3. The van der Waals surface area contributed by atoms with E-state index in [-0.39, 0.29) is 5.92 Å². The molecule has 3 aromatic rings. The Balaban J connectivity index is 1.75. The van der Waals surface area contributed by atoms with Crippen LogP contribution in [-0.4, -0.2) is 6.21 Å². The number of nitrogens with zero attached hydrogens (tertiary/aromatic N) is 2. The van der Waals surface area contributed by atoms with Gasteiger partial charge in [0, 0.05) is 29.3 Å². The van der Waals surface area contributed by atoms with Gasteiger partial charge in [-0.15, -0.1) is 0 Å². The molecule has 132 valence electrons. The first-order valence-corrected chi connectivity index (χ1v) is 9.71. The maximum atomic E-state index is 5.03.